The molecule has 23 heavy (non-hydrogen) atoms. The number of hydrogen-bond acceptors (Lipinski definition) is 3. The van der Waals surface area contributed by atoms with Crippen LogP contribution in [0.1, 0.15) is 38.2 Å². The zero-order valence-corrected chi connectivity index (χ0v) is 14.6. The fourth-order valence-electron chi connectivity index (χ4n) is 2.45. The van der Waals surface area contributed by atoms with Gasteiger partial charge in [-0.05, 0) is 31.6 Å². The van der Waals surface area contributed by atoms with Gasteiger partial charge in [0.25, 0.3) is 0 Å². The second-order valence-corrected chi connectivity index (χ2v) is 6.11. The highest BCUT2D eigenvalue weighted by Crippen LogP contribution is 2.18. The molecular weight excluding hydrogens is 308 g/mol. The topological polar surface area (TPSA) is 62.7 Å². The zero-order valence-electron chi connectivity index (χ0n) is 13.8. The molecule has 0 fully saturated rings. The first-order chi connectivity index (χ1) is 11.1. The summed E-state index contributed by atoms with van der Waals surface area (Å²) in [5, 5.41) is 10.00. The molecule has 1 aromatic carbocycles. The zero-order chi connectivity index (χ0) is 16.7. The summed E-state index contributed by atoms with van der Waals surface area (Å²) < 4.78 is 2.20. The highest BCUT2D eigenvalue weighted by molar-refractivity contribution is 7.71. The van der Waals surface area contributed by atoms with Crippen molar-refractivity contribution in [2.45, 2.75) is 46.1 Å². The van der Waals surface area contributed by atoms with Crippen molar-refractivity contribution < 1.29 is 4.79 Å². The normalized spacial score (nSPS) is 10.7. The standard InChI is InChI=1S/C17H24N4OS/c1-3-4-5-6-10-18-15(22)12-21-16(19-20-17(21)23)14-9-7-8-13(2)11-14/h7-9,11H,3-6,10,12H2,1-2H3,(H,18,22)(H,20,23). The first-order valence-corrected chi connectivity index (χ1v) is 8.51. The van der Waals surface area contributed by atoms with Gasteiger partial charge in [0.05, 0.1) is 0 Å². The highest BCUT2D eigenvalue weighted by Gasteiger charge is 2.12. The Morgan fingerprint density at radius 1 is 1.35 bits per heavy atom. The third-order valence-electron chi connectivity index (χ3n) is 3.69. The summed E-state index contributed by atoms with van der Waals surface area (Å²) in [6.45, 7) is 5.10. The van der Waals surface area contributed by atoms with E-state index in [9.17, 15) is 4.79 Å². The van der Waals surface area contributed by atoms with Crippen LogP contribution in [-0.4, -0.2) is 27.2 Å². The molecule has 2 aromatic rings. The molecule has 0 bridgehead atoms. The molecule has 124 valence electrons. The number of rotatable bonds is 8. The van der Waals surface area contributed by atoms with E-state index in [1.54, 1.807) is 4.57 Å². The predicted octanol–water partition coefficient (Wildman–Crippen LogP) is 3.61. The molecule has 0 spiro atoms. The van der Waals surface area contributed by atoms with Gasteiger partial charge >= 0.3 is 0 Å². The van der Waals surface area contributed by atoms with Crippen LogP contribution in [0.25, 0.3) is 11.4 Å². The van der Waals surface area contributed by atoms with Crippen molar-refractivity contribution in [3.05, 3.63) is 34.6 Å². The van der Waals surface area contributed by atoms with E-state index in [0.717, 1.165) is 24.0 Å². The molecule has 0 atom stereocenters. The summed E-state index contributed by atoms with van der Waals surface area (Å²) >= 11 is 5.26. The lowest BCUT2D eigenvalue weighted by atomic mass is 10.1. The van der Waals surface area contributed by atoms with Crippen LogP contribution >= 0.6 is 12.2 Å². The maximum Gasteiger partial charge on any atom is 0.240 e. The number of benzene rings is 1. The van der Waals surface area contributed by atoms with Crippen LogP contribution in [0.2, 0.25) is 0 Å². The van der Waals surface area contributed by atoms with Crippen molar-refractivity contribution in [1.82, 2.24) is 20.1 Å². The largest absolute Gasteiger partial charge is 0.355 e. The van der Waals surface area contributed by atoms with E-state index in [2.05, 4.69) is 22.4 Å². The number of unbranched alkanes of at least 4 members (excludes halogenated alkanes) is 3. The molecule has 0 aliphatic rings. The predicted molar refractivity (Wildman–Crippen MR) is 94.7 cm³/mol. The van der Waals surface area contributed by atoms with E-state index in [4.69, 9.17) is 12.2 Å². The van der Waals surface area contributed by atoms with Crippen LogP contribution in [0.3, 0.4) is 0 Å². The monoisotopic (exact) mass is 332 g/mol. The van der Waals surface area contributed by atoms with Gasteiger partial charge in [-0.15, -0.1) is 0 Å². The molecule has 0 radical (unpaired) electrons. The molecule has 0 saturated heterocycles. The van der Waals surface area contributed by atoms with Gasteiger partial charge in [0.2, 0.25) is 5.91 Å². The van der Waals surface area contributed by atoms with Gasteiger partial charge in [-0.3, -0.25) is 14.5 Å². The van der Waals surface area contributed by atoms with Gasteiger partial charge in [-0.1, -0.05) is 49.9 Å². The number of aryl methyl sites for hydroxylation is 1. The second-order valence-electron chi connectivity index (χ2n) is 5.72. The fourth-order valence-corrected chi connectivity index (χ4v) is 2.64. The van der Waals surface area contributed by atoms with E-state index >= 15 is 0 Å². The van der Waals surface area contributed by atoms with Crippen molar-refractivity contribution >= 4 is 18.1 Å². The maximum absolute atomic E-state index is 12.1. The number of amides is 1. The lowest BCUT2D eigenvalue weighted by Gasteiger charge is -2.08. The summed E-state index contributed by atoms with van der Waals surface area (Å²) in [5.74, 6) is 0.660. The van der Waals surface area contributed by atoms with Crippen LogP contribution in [-0.2, 0) is 11.3 Å². The molecule has 0 unspecified atom stereocenters. The number of hydrogen-bond donors (Lipinski definition) is 2. The average Bonchev–Trinajstić information content (AvgIpc) is 2.88. The maximum atomic E-state index is 12.1. The quantitative estimate of drug-likeness (QED) is 0.573. The van der Waals surface area contributed by atoms with Crippen LogP contribution < -0.4 is 5.32 Å². The highest BCUT2D eigenvalue weighted by atomic mass is 32.1. The van der Waals surface area contributed by atoms with Gasteiger partial charge in [0.1, 0.15) is 6.54 Å². The number of carbonyl (C=O) groups is 1. The Hall–Kier alpha value is -1.95. The Morgan fingerprint density at radius 3 is 2.91 bits per heavy atom. The SMILES string of the molecule is CCCCCCNC(=O)Cn1c(-c2cccc(C)c2)n[nH]c1=S. The van der Waals surface area contributed by atoms with Crippen LogP contribution in [0.4, 0.5) is 0 Å². The number of carbonyl (C=O) groups excluding carboxylic acids is 1. The van der Waals surface area contributed by atoms with Gasteiger partial charge in [0.15, 0.2) is 10.6 Å². The Kier molecular flexibility index (Phi) is 6.52. The number of nitrogens with one attached hydrogen (secondary N) is 2. The molecule has 5 nitrogen and oxygen atoms in total. The Balaban J connectivity index is 2.02. The molecule has 6 heteroatoms. The first-order valence-electron chi connectivity index (χ1n) is 8.10. The van der Waals surface area contributed by atoms with Crippen LogP contribution in [0.5, 0.6) is 0 Å². The molecule has 1 amide bonds. The number of aromatic amines is 1. The summed E-state index contributed by atoms with van der Waals surface area (Å²) in [6.07, 6.45) is 4.57. The Bertz CT molecular complexity index is 705. The van der Waals surface area contributed by atoms with E-state index in [1.165, 1.54) is 12.8 Å². The molecule has 1 heterocycles. The van der Waals surface area contributed by atoms with E-state index < -0.39 is 0 Å². The lowest BCUT2D eigenvalue weighted by Crippen LogP contribution is -2.28. The molecule has 0 aliphatic carbocycles. The second kappa shape index (κ2) is 8.62. The fraction of sp³-hybridized carbons (Fsp3) is 0.471. The number of aromatic nitrogens is 3. The summed E-state index contributed by atoms with van der Waals surface area (Å²) in [4.78, 5) is 12.1. The smallest absolute Gasteiger partial charge is 0.240 e. The van der Waals surface area contributed by atoms with Gasteiger partial charge in [-0.2, -0.15) is 5.10 Å². The molecule has 0 saturated carbocycles. The molecular formula is C17H24N4OS. The minimum atomic E-state index is -0.0344. The van der Waals surface area contributed by atoms with Crippen molar-refractivity contribution in [2.75, 3.05) is 6.54 Å². The first kappa shape index (κ1) is 17.4. The number of nitrogens with zero attached hydrogens (tertiary/aromatic N) is 2. The summed E-state index contributed by atoms with van der Waals surface area (Å²) in [7, 11) is 0. The Labute approximate surface area is 142 Å². The summed E-state index contributed by atoms with van der Waals surface area (Å²) in [5.41, 5.74) is 2.09. The van der Waals surface area contributed by atoms with E-state index in [0.29, 0.717) is 17.1 Å². The van der Waals surface area contributed by atoms with Crippen molar-refractivity contribution in [2.24, 2.45) is 0 Å². The lowest BCUT2D eigenvalue weighted by molar-refractivity contribution is -0.121. The van der Waals surface area contributed by atoms with Gasteiger partial charge < -0.3 is 5.32 Å². The Morgan fingerprint density at radius 2 is 2.17 bits per heavy atom. The van der Waals surface area contributed by atoms with E-state index in [-0.39, 0.29) is 12.5 Å². The molecule has 1 aromatic heterocycles. The third-order valence-corrected chi connectivity index (χ3v) is 4.00. The molecule has 2 rings (SSSR count). The molecule has 0 aliphatic heterocycles. The summed E-state index contributed by atoms with van der Waals surface area (Å²) in [6, 6.07) is 8.00. The average molecular weight is 332 g/mol. The van der Waals surface area contributed by atoms with E-state index in [1.807, 2.05) is 31.2 Å². The third kappa shape index (κ3) is 5.03. The van der Waals surface area contributed by atoms with Crippen molar-refractivity contribution in [3.8, 4) is 11.4 Å². The number of H-pyrrole nitrogens is 1. The van der Waals surface area contributed by atoms with Gasteiger partial charge in [-0.25, -0.2) is 0 Å². The van der Waals surface area contributed by atoms with Crippen molar-refractivity contribution in [1.29, 1.82) is 0 Å². The van der Waals surface area contributed by atoms with Gasteiger partial charge in [0, 0.05) is 12.1 Å². The minimum Gasteiger partial charge on any atom is -0.355 e. The van der Waals surface area contributed by atoms with Crippen LogP contribution in [0.15, 0.2) is 24.3 Å². The van der Waals surface area contributed by atoms with Crippen LogP contribution in [0, 0.1) is 11.7 Å². The molecule has 2 N–H and O–H groups in total. The van der Waals surface area contributed by atoms with Crippen molar-refractivity contribution in [3.63, 3.8) is 0 Å². The minimum absolute atomic E-state index is 0.0344.